The van der Waals surface area contributed by atoms with Gasteiger partial charge in [-0.1, -0.05) is 68.8 Å². The van der Waals surface area contributed by atoms with Gasteiger partial charge in [0.15, 0.2) is 7.36 Å². The van der Waals surface area contributed by atoms with Crippen molar-refractivity contribution in [3.63, 3.8) is 0 Å². The van der Waals surface area contributed by atoms with Crippen LogP contribution in [0.1, 0.15) is 38.7 Å². The molecule has 6 rings (SSSR count). The molecule has 3 heterocycles. The Morgan fingerprint density at radius 1 is 0.923 bits per heavy atom. The number of para-hydroxylation sites is 3. The molecule has 200 valence electrons. The molecule has 0 bridgehead atoms. The lowest BCUT2D eigenvalue weighted by molar-refractivity contribution is -0.384. The number of piperidine rings is 1. The lowest BCUT2D eigenvalue weighted by Gasteiger charge is -2.43. The Balaban J connectivity index is 1.72. The molecule has 0 radical (unpaired) electrons. The Morgan fingerprint density at radius 2 is 1.59 bits per heavy atom. The van der Waals surface area contributed by atoms with E-state index in [1.165, 1.54) is 11.3 Å². The van der Waals surface area contributed by atoms with E-state index >= 15 is 0 Å². The summed E-state index contributed by atoms with van der Waals surface area (Å²) in [5, 5.41) is 18.3. The molecule has 39 heavy (non-hydrogen) atoms. The van der Waals surface area contributed by atoms with Gasteiger partial charge in [0, 0.05) is 43.0 Å². The highest BCUT2D eigenvalue weighted by atomic mass is 31.2. The number of allylic oxidation sites excluding steroid dienone is 2. The molecule has 3 aliphatic heterocycles. The molecular weight excluding hydrogens is 507 g/mol. The van der Waals surface area contributed by atoms with Gasteiger partial charge in [0.2, 0.25) is 0 Å². The minimum atomic E-state index is -2.84. The molecular formula is C30H33N6O2P. The van der Waals surface area contributed by atoms with E-state index in [1.54, 1.807) is 18.2 Å². The Kier molecular flexibility index (Phi) is 6.40. The number of rotatable bonds is 4. The van der Waals surface area contributed by atoms with Crippen LogP contribution in [0.2, 0.25) is 0 Å². The Labute approximate surface area is 229 Å². The molecule has 8 nitrogen and oxygen atoms in total. The van der Waals surface area contributed by atoms with E-state index in [2.05, 4.69) is 71.6 Å². The third-order valence-electron chi connectivity index (χ3n) is 8.03. The molecule has 0 unspecified atom stereocenters. The Hall–Kier alpha value is -3.74. The van der Waals surface area contributed by atoms with Crippen LogP contribution in [0.5, 0.6) is 0 Å². The Bertz CT molecular complexity index is 1540. The normalized spacial score (nSPS) is 24.2. The number of hydrogen-bond donors (Lipinski definition) is 0. The predicted molar refractivity (Wildman–Crippen MR) is 160 cm³/mol. The first-order valence-electron chi connectivity index (χ1n) is 13.4. The third kappa shape index (κ3) is 4.01. The first-order valence-corrected chi connectivity index (χ1v) is 15.1. The number of nitro groups is 1. The van der Waals surface area contributed by atoms with Crippen molar-refractivity contribution in [1.82, 2.24) is 4.67 Å². The maximum absolute atomic E-state index is 12.1. The molecule has 0 aromatic heterocycles. The van der Waals surface area contributed by atoms with E-state index in [-0.39, 0.29) is 16.0 Å². The molecule has 3 aromatic carbocycles. The minimum absolute atomic E-state index is 0.0143. The summed E-state index contributed by atoms with van der Waals surface area (Å²) in [5.74, 6) is 0. The van der Waals surface area contributed by atoms with Crippen LogP contribution in [0.3, 0.4) is 0 Å². The van der Waals surface area contributed by atoms with Crippen molar-refractivity contribution in [3.05, 3.63) is 106 Å². The summed E-state index contributed by atoms with van der Waals surface area (Å²) in [6.07, 6.45) is 5.25. The van der Waals surface area contributed by atoms with Gasteiger partial charge in [-0.3, -0.25) is 10.1 Å². The summed E-state index contributed by atoms with van der Waals surface area (Å²) in [5.41, 5.74) is 4.59. The van der Waals surface area contributed by atoms with Gasteiger partial charge in [-0.25, -0.2) is 14.2 Å². The van der Waals surface area contributed by atoms with Crippen LogP contribution in [0, 0.1) is 10.1 Å². The second-order valence-electron chi connectivity index (χ2n) is 10.7. The summed E-state index contributed by atoms with van der Waals surface area (Å²) in [6.45, 7) is 6.23. The molecule has 0 N–H and O–H groups in total. The second-order valence-corrected chi connectivity index (χ2v) is 13.5. The van der Waals surface area contributed by atoms with Gasteiger partial charge in [0.1, 0.15) is 5.69 Å². The van der Waals surface area contributed by atoms with E-state index in [1.807, 2.05) is 30.5 Å². The molecule has 3 aliphatic rings. The van der Waals surface area contributed by atoms with Gasteiger partial charge < -0.3 is 4.90 Å². The zero-order valence-corrected chi connectivity index (χ0v) is 23.5. The lowest BCUT2D eigenvalue weighted by atomic mass is 9.84. The monoisotopic (exact) mass is 540 g/mol. The van der Waals surface area contributed by atoms with Crippen LogP contribution in [0.15, 0.2) is 99.7 Å². The number of anilines is 2. The summed E-state index contributed by atoms with van der Waals surface area (Å²) in [7, 11) is -0.729. The fraction of sp³-hybridized carbons (Fsp3) is 0.300. The van der Waals surface area contributed by atoms with Gasteiger partial charge >= 0.3 is 0 Å². The van der Waals surface area contributed by atoms with Crippen molar-refractivity contribution in [1.29, 1.82) is 0 Å². The van der Waals surface area contributed by atoms with Crippen LogP contribution in [-0.4, -0.2) is 35.9 Å². The fourth-order valence-electron chi connectivity index (χ4n) is 6.25. The van der Waals surface area contributed by atoms with Crippen LogP contribution in [0.25, 0.3) is 0 Å². The maximum Gasteiger partial charge on any atom is 0.294 e. The van der Waals surface area contributed by atoms with Crippen molar-refractivity contribution in [3.8, 4) is 0 Å². The topological polar surface area (TPSA) is 77.6 Å². The minimum Gasteiger partial charge on any atom is -0.346 e. The maximum atomic E-state index is 12.1. The molecule has 0 amide bonds. The zero-order chi connectivity index (χ0) is 27.2. The number of hydrazone groups is 1. The van der Waals surface area contributed by atoms with Gasteiger partial charge in [0.25, 0.3) is 5.69 Å². The molecule has 9 heteroatoms. The summed E-state index contributed by atoms with van der Waals surface area (Å²) < 4.78 is 10.0. The van der Waals surface area contributed by atoms with Gasteiger partial charge in [-0.05, 0) is 42.7 Å². The molecule has 1 atom stereocenters. The van der Waals surface area contributed by atoms with E-state index in [0.29, 0.717) is 5.69 Å². The zero-order valence-electron chi connectivity index (χ0n) is 22.6. The van der Waals surface area contributed by atoms with Crippen molar-refractivity contribution in [2.75, 3.05) is 29.8 Å². The van der Waals surface area contributed by atoms with Crippen LogP contribution in [-0.2, 0) is 5.41 Å². The number of hydrogen-bond acceptors (Lipinski definition) is 5. The fourth-order valence-corrected chi connectivity index (χ4v) is 10.2. The SMILES string of the molecule is CN1/C(=C2\C=NN(c3ccccc3)[P@]2(=Nc2ccccc2[N+](=O)[O-])N2CCCCC2)C(C)(C)c2ccccc21. The molecule has 0 spiro atoms. The summed E-state index contributed by atoms with van der Waals surface area (Å²) >= 11 is 0. The van der Waals surface area contributed by atoms with E-state index in [9.17, 15) is 10.1 Å². The number of benzene rings is 3. The highest BCUT2D eigenvalue weighted by Gasteiger charge is 2.50. The smallest absolute Gasteiger partial charge is 0.294 e. The summed E-state index contributed by atoms with van der Waals surface area (Å²) in [4.78, 5) is 14.1. The average molecular weight is 541 g/mol. The Morgan fingerprint density at radius 3 is 2.31 bits per heavy atom. The van der Waals surface area contributed by atoms with Crippen molar-refractivity contribution >= 4 is 36.3 Å². The molecule has 1 saturated heterocycles. The van der Waals surface area contributed by atoms with Gasteiger partial charge in [-0.15, -0.1) is 0 Å². The average Bonchev–Trinajstić information content (AvgIpc) is 3.42. The molecule has 1 fully saturated rings. The van der Waals surface area contributed by atoms with Gasteiger partial charge in [-0.2, -0.15) is 5.10 Å². The quantitative estimate of drug-likeness (QED) is 0.191. The second kappa shape index (κ2) is 9.78. The molecule has 0 aliphatic carbocycles. The van der Waals surface area contributed by atoms with Crippen LogP contribution >= 0.6 is 7.36 Å². The highest BCUT2D eigenvalue weighted by molar-refractivity contribution is 7.71. The number of fused-ring (bicyclic) bond motifs is 1. The van der Waals surface area contributed by atoms with E-state index in [4.69, 9.17) is 9.85 Å². The van der Waals surface area contributed by atoms with Crippen molar-refractivity contribution < 1.29 is 4.92 Å². The largest absolute Gasteiger partial charge is 0.346 e. The first kappa shape index (κ1) is 25.5. The molecule has 0 saturated carbocycles. The van der Waals surface area contributed by atoms with Crippen LogP contribution < -0.4 is 9.68 Å². The predicted octanol–water partition coefficient (Wildman–Crippen LogP) is 7.89. The van der Waals surface area contributed by atoms with Gasteiger partial charge in [0.05, 0.1) is 22.1 Å². The standard InChI is InChI=1S/C30H33N6O2P/c1-30(2)24-16-8-10-18-26(24)33(3)29(30)28-22-31-35(23-14-6-4-7-15-23)39(28,34-20-12-5-13-21-34)32-25-17-9-11-19-27(25)36(37)38/h4,6-11,14-19,22H,5,12-13,20-21H2,1-3H3/b29-28+/t39-/m1/s1. The number of likely N-dealkylation sites (N-methyl/N-ethyl adjacent to an activating group) is 1. The van der Waals surface area contributed by atoms with Crippen LogP contribution in [0.4, 0.5) is 22.7 Å². The highest BCUT2D eigenvalue weighted by Crippen LogP contribution is 2.71. The summed E-state index contributed by atoms with van der Waals surface area (Å²) in [6, 6.07) is 25.5. The van der Waals surface area contributed by atoms with Crippen molar-refractivity contribution in [2.24, 2.45) is 9.85 Å². The number of nitrogens with zero attached hydrogens (tertiary/aromatic N) is 6. The van der Waals surface area contributed by atoms with E-state index < -0.39 is 7.36 Å². The molecule has 3 aromatic rings. The number of nitro benzene ring substituents is 1. The lowest BCUT2D eigenvalue weighted by Crippen LogP contribution is -2.34. The van der Waals surface area contributed by atoms with E-state index in [0.717, 1.165) is 49.1 Å². The first-order chi connectivity index (χ1) is 18.9. The third-order valence-corrected chi connectivity index (χ3v) is 11.5. The van der Waals surface area contributed by atoms with Crippen molar-refractivity contribution in [2.45, 2.75) is 38.5 Å².